The molecule has 3 rings (SSSR count). The fraction of sp³-hybridized carbons (Fsp3) is 0.333. The first-order chi connectivity index (χ1) is 11.5. The van der Waals surface area contributed by atoms with Gasteiger partial charge in [-0.15, -0.1) is 0 Å². The number of benzene rings is 1. The second-order valence-corrected chi connectivity index (χ2v) is 5.83. The molecule has 2 N–H and O–H groups in total. The van der Waals surface area contributed by atoms with E-state index in [0.717, 1.165) is 27.9 Å². The molecule has 0 bridgehead atoms. The molecular weight excluding hydrogens is 308 g/mol. The number of aromatic nitrogens is 2. The molecule has 0 radical (unpaired) electrons. The highest BCUT2D eigenvalue weighted by Gasteiger charge is 2.14. The van der Waals surface area contributed by atoms with Crippen LogP contribution in [0.1, 0.15) is 30.2 Å². The van der Waals surface area contributed by atoms with Crippen molar-refractivity contribution in [2.24, 2.45) is 0 Å². The monoisotopic (exact) mass is 328 g/mol. The average Bonchev–Trinajstić information content (AvgIpc) is 2.88. The number of carboxylic acid groups (broad SMARTS) is 1. The molecule has 3 aromatic rings. The van der Waals surface area contributed by atoms with E-state index in [0.29, 0.717) is 25.2 Å². The molecule has 0 amide bonds. The number of hydrogen-bond donors (Lipinski definition) is 2. The number of ether oxygens (including phenoxy) is 1. The van der Waals surface area contributed by atoms with Gasteiger partial charge in [0.2, 0.25) is 0 Å². The van der Waals surface area contributed by atoms with Crippen molar-refractivity contribution in [2.45, 2.75) is 33.3 Å². The van der Waals surface area contributed by atoms with Crippen molar-refractivity contribution in [3.05, 3.63) is 51.4 Å². The Kier molecular flexibility index (Phi) is 4.40. The lowest BCUT2D eigenvalue weighted by atomic mass is 10.1. The molecule has 1 aromatic carbocycles. The predicted octanol–water partition coefficient (Wildman–Crippen LogP) is 2.64. The molecular formula is C18H20N2O4. The Morgan fingerprint density at radius 3 is 2.79 bits per heavy atom. The Hall–Kier alpha value is -2.60. The van der Waals surface area contributed by atoms with E-state index >= 15 is 0 Å². The molecule has 6 heteroatoms. The summed E-state index contributed by atoms with van der Waals surface area (Å²) in [4.78, 5) is 26.2. The molecule has 0 atom stereocenters. The minimum atomic E-state index is -0.850. The number of aliphatic carboxylic acids is 1. The number of aromatic amines is 1. The van der Waals surface area contributed by atoms with Gasteiger partial charge in [-0.3, -0.25) is 9.59 Å². The van der Waals surface area contributed by atoms with Crippen LogP contribution >= 0.6 is 0 Å². The molecule has 0 spiro atoms. The summed E-state index contributed by atoms with van der Waals surface area (Å²) in [6.07, 6.45) is 0.415. The SMILES string of the molecule is CCOCc1ccc2c(c1)[nH]c(=O)c1cc(C)c(CCC(=O)O)n12. The first-order valence-electron chi connectivity index (χ1n) is 7.96. The Balaban J connectivity index is 2.20. The van der Waals surface area contributed by atoms with Crippen molar-refractivity contribution < 1.29 is 14.6 Å². The third kappa shape index (κ3) is 2.92. The van der Waals surface area contributed by atoms with E-state index in [-0.39, 0.29) is 12.0 Å². The summed E-state index contributed by atoms with van der Waals surface area (Å²) < 4.78 is 7.29. The van der Waals surface area contributed by atoms with Crippen molar-refractivity contribution in [3.8, 4) is 0 Å². The molecule has 6 nitrogen and oxygen atoms in total. The lowest BCUT2D eigenvalue weighted by Gasteiger charge is -2.09. The number of nitrogens with zero attached hydrogens (tertiary/aromatic N) is 1. The van der Waals surface area contributed by atoms with Crippen LogP contribution in [0.25, 0.3) is 16.6 Å². The van der Waals surface area contributed by atoms with Crippen molar-refractivity contribution in [3.63, 3.8) is 0 Å². The highest BCUT2D eigenvalue weighted by Crippen LogP contribution is 2.22. The van der Waals surface area contributed by atoms with Crippen LogP contribution in [0.2, 0.25) is 0 Å². The molecule has 0 saturated carbocycles. The molecule has 24 heavy (non-hydrogen) atoms. The predicted molar refractivity (Wildman–Crippen MR) is 91.5 cm³/mol. The zero-order valence-electron chi connectivity index (χ0n) is 13.8. The average molecular weight is 328 g/mol. The Morgan fingerprint density at radius 2 is 2.08 bits per heavy atom. The second kappa shape index (κ2) is 6.49. The summed E-state index contributed by atoms with van der Waals surface area (Å²) >= 11 is 0. The number of H-pyrrole nitrogens is 1. The highest BCUT2D eigenvalue weighted by atomic mass is 16.5. The van der Waals surface area contributed by atoms with Gasteiger partial charge in [0.05, 0.1) is 24.1 Å². The maximum Gasteiger partial charge on any atom is 0.303 e. The number of hydrogen-bond acceptors (Lipinski definition) is 3. The van der Waals surface area contributed by atoms with Gasteiger partial charge in [-0.25, -0.2) is 0 Å². The van der Waals surface area contributed by atoms with Gasteiger partial charge >= 0.3 is 5.97 Å². The molecule has 2 aromatic heterocycles. The first-order valence-corrected chi connectivity index (χ1v) is 7.96. The van der Waals surface area contributed by atoms with E-state index in [9.17, 15) is 9.59 Å². The Bertz CT molecular complexity index is 968. The minimum Gasteiger partial charge on any atom is -0.481 e. The maximum atomic E-state index is 12.4. The van der Waals surface area contributed by atoms with Crippen LogP contribution in [0.4, 0.5) is 0 Å². The minimum absolute atomic E-state index is 0.0314. The van der Waals surface area contributed by atoms with Crippen LogP contribution in [0, 0.1) is 6.92 Å². The zero-order chi connectivity index (χ0) is 17.3. The lowest BCUT2D eigenvalue weighted by molar-refractivity contribution is -0.136. The maximum absolute atomic E-state index is 12.4. The Morgan fingerprint density at radius 1 is 1.29 bits per heavy atom. The molecule has 0 unspecified atom stereocenters. The van der Waals surface area contributed by atoms with Crippen molar-refractivity contribution >= 4 is 22.5 Å². The summed E-state index contributed by atoms with van der Waals surface area (Å²) in [5.74, 6) is -0.850. The quantitative estimate of drug-likeness (QED) is 0.728. The van der Waals surface area contributed by atoms with Crippen LogP contribution in [0.15, 0.2) is 29.1 Å². The fourth-order valence-electron chi connectivity index (χ4n) is 3.03. The van der Waals surface area contributed by atoms with Gasteiger partial charge in [0.1, 0.15) is 5.52 Å². The summed E-state index contributed by atoms with van der Waals surface area (Å²) in [7, 11) is 0. The van der Waals surface area contributed by atoms with Crippen LogP contribution in [-0.2, 0) is 22.6 Å². The van der Waals surface area contributed by atoms with Gasteiger partial charge in [-0.05, 0) is 49.6 Å². The number of fused-ring (bicyclic) bond motifs is 3. The smallest absolute Gasteiger partial charge is 0.303 e. The molecule has 0 fully saturated rings. The van der Waals surface area contributed by atoms with Crippen molar-refractivity contribution in [1.29, 1.82) is 0 Å². The normalized spacial score (nSPS) is 11.4. The molecule has 0 saturated heterocycles. The molecule has 0 aliphatic heterocycles. The van der Waals surface area contributed by atoms with Gasteiger partial charge in [0, 0.05) is 12.3 Å². The van der Waals surface area contributed by atoms with E-state index in [1.165, 1.54) is 0 Å². The molecule has 126 valence electrons. The third-order valence-electron chi connectivity index (χ3n) is 4.15. The Labute approximate surface area is 138 Å². The van der Waals surface area contributed by atoms with Gasteiger partial charge in [0.15, 0.2) is 0 Å². The number of aryl methyl sites for hydroxylation is 2. The second-order valence-electron chi connectivity index (χ2n) is 5.83. The zero-order valence-corrected chi connectivity index (χ0v) is 13.8. The summed E-state index contributed by atoms with van der Waals surface area (Å²) in [5.41, 5.74) is 4.71. The van der Waals surface area contributed by atoms with Crippen LogP contribution in [0.5, 0.6) is 0 Å². The number of carbonyl (C=O) groups is 1. The lowest BCUT2D eigenvalue weighted by Crippen LogP contribution is -2.12. The number of rotatable bonds is 6. The summed E-state index contributed by atoms with van der Waals surface area (Å²) in [6.45, 7) is 4.95. The van der Waals surface area contributed by atoms with Gasteiger partial charge in [0.25, 0.3) is 5.56 Å². The topological polar surface area (TPSA) is 83.8 Å². The fourth-order valence-corrected chi connectivity index (χ4v) is 3.03. The highest BCUT2D eigenvalue weighted by molar-refractivity contribution is 5.80. The first kappa shape index (κ1) is 16.3. The van der Waals surface area contributed by atoms with Crippen LogP contribution < -0.4 is 5.56 Å². The van der Waals surface area contributed by atoms with E-state index in [4.69, 9.17) is 9.84 Å². The van der Waals surface area contributed by atoms with E-state index < -0.39 is 5.97 Å². The van der Waals surface area contributed by atoms with Gasteiger partial charge in [-0.2, -0.15) is 0 Å². The van der Waals surface area contributed by atoms with Crippen molar-refractivity contribution in [2.75, 3.05) is 6.61 Å². The van der Waals surface area contributed by atoms with Gasteiger partial charge in [-0.1, -0.05) is 6.07 Å². The van der Waals surface area contributed by atoms with E-state index in [1.54, 1.807) is 0 Å². The van der Waals surface area contributed by atoms with Crippen LogP contribution in [0.3, 0.4) is 0 Å². The summed E-state index contributed by atoms with van der Waals surface area (Å²) in [5, 5.41) is 8.97. The molecule has 0 aliphatic rings. The van der Waals surface area contributed by atoms with Crippen molar-refractivity contribution in [1.82, 2.24) is 9.38 Å². The van der Waals surface area contributed by atoms with E-state index in [1.807, 2.05) is 42.5 Å². The molecule has 0 aliphatic carbocycles. The van der Waals surface area contributed by atoms with Crippen LogP contribution in [-0.4, -0.2) is 27.1 Å². The number of nitrogens with one attached hydrogen (secondary N) is 1. The standard InChI is InChI=1S/C18H20N2O4/c1-3-24-10-12-4-5-15-13(9-12)19-18(23)16-8-11(2)14(20(15)16)6-7-17(21)22/h4-5,8-9H,3,6-7,10H2,1-2H3,(H,19,23)(H,21,22). The van der Waals surface area contributed by atoms with Gasteiger partial charge < -0.3 is 19.2 Å². The largest absolute Gasteiger partial charge is 0.481 e. The van der Waals surface area contributed by atoms with E-state index in [2.05, 4.69) is 4.98 Å². The third-order valence-corrected chi connectivity index (χ3v) is 4.15. The summed E-state index contributed by atoms with van der Waals surface area (Å²) in [6, 6.07) is 7.62. The molecule has 2 heterocycles. The number of carboxylic acids is 1.